The van der Waals surface area contributed by atoms with Gasteiger partial charge in [0, 0.05) is 7.05 Å². The van der Waals surface area contributed by atoms with Gasteiger partial charge >= 0.3 is 0 Å². The average molecular weight is 81.1 g/mol. The van der Waals surface area contributed by atoms with Gasteiger partial charge in [-0.15, -0.1) is 4.48 Å². The summed E-state index contributed by atoms with van der Waals surface area (Å²) in [6.07, 6.45) is 0. The first-order chi connectivity index (χ1) is 1.73. The first-order valence-corrected chi connectivity index (χ1v) is 1.22. The van der Waals surface area contributed by atoms with Crippen molar-refractivity contribution in [2.75, 3.05) is 7.05 Å². The van der Waals surface area contributed by atoms with E-state index in [0.717, 1.165) is 0 Å². The maximum atomic E-state index is 10.7. The van der Waals surface area contributed by atoms with Gasteiger partial charge in [-0.1, -0.05) is 17.3 Å². The highest BCUT2D eigenvalue weighted by Gasteiger charge is 1.66. The van der Waals surface area contributed by atoms with E-state index in [4.69, 9.17) is 0 Å². The van der Waals surface area contributed by atoms with Gasteiger partial charge in [-0.25, -0.2) is 0 Å². The molecule has 0 bridgehead atoms. The van der Waals surface area contributed by atoms with Crippen molar-refractivity contribution in [2.45, 2.75) is 0 Å². The van der Waals surface area contributed by atoms with E-state index in [1.807, 2.05) is 0 Å². The van der Waals surface area contributed by atoms with Crippen molar-refractivity contribution >= 4 is 12.8 Å². The van der Waals surface area contributed by atoms with Crippen LogP contribution >= 0.6 is 12.8 Å². The van der Waals surface area contributed by atoms with Crippen molar-refractivity contribution in [3.05, 3.63) is 0 Å². The second-order valence-corrected chi connectivity index (χ2v) is 0.996. The summed E-state index contributed by atoms with van der Waals surface area (Å²) in [6.45, 7) is 0. The highest BCUT2D eigenvalue weighted by molar-refractivity contribution is 7.77. The van der Waals surface area contributed by atoms with Crippen LogP contribution in [0.2, 0.25) is 0 Å². The van der Waals surface area contributed by atoms with E-state index in [1.54, 1.807) is 0 Å². The fraction of sp³-hybridized carbons (Fsp3) is 1.00. The molecule has 0 aromatic rings. The van der Waals surface area contributed by atoms with Crippen molar-refractivity contribution in [1.29, 1.82) is 0 Å². The molecule has 26 valence electrons. The molecule has 0 aliphatic rings. The largest absolute Gasteiger partial charge is 0.123 e. The number of thiol groups is 1. The fourth-order valence-electron chi connectivity index (χ4n) is 0. The summed E-state index contributed by atoms with van der Waals surface area (Å²) in [7, 11) is 1.20. The summed E-state index contributed by atoms with van der Waals surface area (Å²) in [6, 6.07) is 0. The maximum absolute atomic E-state index is 10.7. The molecular weight excluding hydrogens is 77.1 g/mol. The molecule has 0 fully saturated rings. The van der Waals surface area contributed by atoms with Crippen LogP contribution in [0.15, 0.2) is 0 Å². The monoisotopic (exact) mass is 81.0 g/mol. The molecule has 0 saturated carbocycles. The Morgan fingerprint density at radius 3 is 2.00 bits per heavy atom. The van der Waals surface area contributed by atoms with Gasteiger partial charge in [0.25, 0.3) is 0 Å². The third-order valence-electron chi connectivity index (χ3n) is 0. The van der Waals surface area contributed by atoms with Crippen molar-refractivity contribution in [1.82, 2.24) is 4.53 Å². The van der Waals surface area contributed by atoms with E-state index in [1.165, 1.54) is 7.05 Å². The minimum atomic E-state index is 0.194. The van der Waals surface area contributed by atoms with E-state index < -0.39 is 0 Å². The van der Waals surface area contributed by atoms with Crippen LogP contribution < -0.4 is 0 Å². The van der Waals surface area contributed by atoms with Crippen LogP contribution in [0, 0.1) is 0 Å². The van der Waals surface area contributed by atoms with Crippen LogP contribution in [-0.2, 0) is 0 Å². The van der Waals surface area contributed by atoms with Crippen molar-refractivity contribution in [3.8, 4) is 0 Å². The van der Waals surface area contributed by atoms with Gasteiger partial charge < -0.3 is 0 Å². The highest BCUT2D eigenvalue weighted by Crippen LogP contribution is 1.79. The highest BCUT2D eigenvalue weighted by atomic mass is 32.1. The van der Waals surface area contributed by atoms with Crippen LogP contribution in [0.5, 0.6) is 0 Å². The lowest BCUT2D eigenvalue weighted by Crippen LogP contribution is -1.80. The fourth-order valence-corrected chi connectivity index (χ4v) is 0. The van der Waals surface area contributed by atoms with Crippen LogP contribution in [0.25, 0.3) is 0 Å². The standard InChI is InChI=1S/CH4FNS/c1-3(2)4/h4H,1H3. The van der Waals surface area contributed by atoms with E-state index in [0.29, 0.717) is 0 Å². The lowest BCUT2D eigenvalue weighted by atomic mass is 11.6. The number of nitrogens with zero attached hydrogens (tertiary/aromatic N) is 1. The van der Waals surface area contributed by atoms with Crippen LogP contribution in [0.1, 0.15) is 0 Å². The number of hydrogen-bond acceptors (Lipinski definition) is 2. The first kappa shape index (κ1) is 4.24. The van der Waals surface area contributed by atoms with Crippen LogP contribution in [-0.4, -0.2) is 11.6 Å². The van der Waals surface area contributed by atoms with E-state index in [-0.39, 0.29) is 4.53 Å². The average Bonchev–Trinajstić information content (AvgIpc) is 0.811. The topological polar surface area (TPSA) is 3.24 Å². The zero-order valence-corrected chi connectivity index (χ0v) is 3.17. The summed E-state index contributed by atoms with van der Waals surface area (Å²) < 4.78 is 10.9. The second-order valence-electron chi connectivity index (χ2n) is 0.445. The van der Waals surface area contributed by atoms with E-state index in [2.05, 4.69) is 12.8 Å². The summed E-state index contributed by atoms with van der Waals surface area (Å²) in [5, 5.41) is 0. The summed E-state index contributed by atoms with van der Waals surface area (Å²) >= 11 is 3.13. The van der Waals surface area contributed by atoms with Gasteiger partial charge in [-0.2, -0.15) is 0 Å². The normalized spacial score (nSPS) is 9.00. The van der Waals surface area contributed by atoms with Crippen molar-refractivity contribution < 1.29 is 4.48 Å². The molecule has 0 radical (unpaired) electrons. The summed E-state index contributed by atoms with van der Waals surface area (Å²) in [5.74, 6) is 0. The van der Waals surface area contributed by atoms with E-state index >= 15 is 0 Å². The van der Waals surface area contributed by atoms with E-state index in [9.17, 15) is 4.48 Å². The molecule has 3 heteroatoms. The minimum absolute atomic E-state index is 0.194. The second kappa shape index (κ2) is 1.55. The number of halogens is 1. The van der Waals surface area contributed by atoms with Crippen LogP contribution in [0.3, 0.4) is 0 Å². The molecule has 0 aliphatic carbocycles. The molecule has 0 aliphatic heterocycles. The Bertz CT molecular complexity index is 12.8. The smallest absolute Gasteiger partial charge is 0.0291 e. The Balaban J connectivity index is 2.32. The maximum Gasteiger partial charge on any atom is 0.0291 e. The SMILES string of the molecule is CN(F)S. The van der Waals surface area contributed by atoms with Crippen molar-refractivity contribution in [3.63, 3.8) is 0 Å². The van der Waals surface area contributed by atoms with Gasteiger partial charge in [0.2, 0.25) is 0 Å². The zero-order chi connectivity index (χ0) is 3.58. The summed E-state index contributed by atoms with van der Waals surface area (Å²) in [5.41, 5.74) is 0. The third kappa shape index (κ3) is 59.8. The molecule has 0 atom stereocenters. The molecule has 0 unspecified atom stereocenters. The lowest BCUT2D eigenvalue weighted by molar-refractivity contribution is 0.205. The minimum Gasteiger partial charge on any atom is -0.123 e. The molecule has 0 aromatic carbocycles. The molecule has 0 spiro atoms. The lowest BCUT2D eigenvalue weighted by Gasteiger charge is -1.81. The van der Waals surface area contributed by atoms with Gasteiger partial charge in [-0.3, -0.25) is 0 Å². The third-order valence-corrected chi connectivity index (χ3v) is 0. The molecule has 4 heavy (non-hydrogen) atoms. The Morgan fingerprint density at radius 2 is 2.00 bits per heavy atom. The van der Waals surface area contributed by atoms with Crippen LogP contribution in [0.4, 0.5) is 4.48 Å². The molecule has 0 amide bonds. The predicted octanol–water partition coefficient (Wildman–Crippen LogP) is 0.647. The Hall–Kier alpha value is 0.240. The van der Waals surface area contributed by atoms with Crippen molar-refractivity contribution in [2.24, 2.45) is 0 Å². The Morgan fingerprint density at radius 1 is 2.00 bits per heavy atom. The van der Waals surface area contributed by atoms with Gasteiger partial charge in [0.1, 0.15) is 0 Å². The van der Waals surface area contributed by atoms with Gasteiger partial charge in [-0.05, 0) is 0 Å². The molecular formula is CH4FNS. The number of hydrogen-bond donors (Lipinski definition) is 1. The predicted molar refractivity (Wildman–Crippen MR) is 17.9 cm³/mol. The zero-order valence-electron chi connectivity index (χ0n) is 2.27. The number of rotatable bonds is 0. The quantitative estimate of drug-likeness (QED) is 0.331. The molecule has 1 nitrogen and oxygen atoms in total. The molecule has 0 heterocycles. The summed E-state index contributed by atoms with van der Waals surface area (Å²) in [4.78, 5) is 0. The Kier molecular flexibility index (Phi) is 1.64. The molecule has 0 saturated heterocycles. The van der Waals surface area contributed by atoms with Gasteiger partial charge in [0.15, 0.2) is 0 Å². The molecule has 0 N–H and O–H groups in total. The Labute approximate surface area is 29.9 Å². The van der Waals surface area contributed by atoms with Gasteiger partial charge in [0.05, 0.1) is 0 Å². The molecule has 0 rings (SSSR count). The molecule has 0 aromatic heterocycles. The first-order valence-electron chi connectivity index (χ1n) is 0.816.